The van der Waals surface area contributed by atoms with E-state index in [-0.39, 0.29) is 24.5 Å². The Morgan fingerprint density at radius 1 is 1.25 bits per heavy atom. The number of carbonyl (C=O) groups excluding carboxylic acids is 3. The first kappa shape index (κ1) is 18.6. The van der Waals surface area contributed by atoms with E-state index in [9.17, 15) is 19.5 Å². The SMILES string of the molecule is CCC(=O)CC[C@H](NC(=O)[C@H](O)CC(C)C)C(=O)OC. The van der Waals surface area contributed by atoms with Crippen LogP contribution in [0.3, 0.4) is 0 Å². The standard InChI is InChI=1S/C14H25NO5/c1-5-10(16)6-7-11(14(19)20-4)15-13(18)12(17)8-9(2)3/h9,11-12,17H,5-8H2,1-4H3,(H,15,18)/t11-,12+/m0/s1. The highest BCUT2D eigenvalue weighted by Gasteiger charge is 2.25. The second-order valence-corrected chi connectivity index (χ2v) is 5.16. The summed E-state index contributed by atoms with van der Waals surface area (Å²) in [5.74, 6) is -1.05. The van der Waals surface area contributed by atoms with Gasteiger partial charge in [-0.1, -0.05) is 20.8 Å². The van der Waals surface area contributed by atoms with E-state index in [1.807, 2.05) is 13.8 Å². The Morgan fingerprint density at radius 3 is 2.30 bits per heavy atom. The molecule has 0 radical (unpaired) electrons. The van der Waals surface area contributed by atoms with E-state index in [2.05, 4.69) is 10.1 Å². The van der Waals surface area contributed by atoms with Gasteiger partial charge in [0.2, 0.25) is 5.91 Å². The summed E-state index contributed by atoms with van der Waals surface area (Å²) in [6.45, 7) is 5.50. The van der Waals surface area contributed by atoms with Crippen LogP contribution in [0, 0.1) is 5.92 Å². The topological polar surface area (TPSA) is 92.7 Å². The Morgan fingerprint density at radius 2 is 1.85 bits per heavy atom. The van der Waals surface area contributed by atoms with Gasteiger partial charge < -0.3 is 15.2 Å². The van der Waals surface area contributed by atoms with Crippen LogP contribution < -0.4 is 5.32 Å². The molecular formula is C14H25NO5. The van der Waals surface area contributed by atoms with Crippen molar-refractivity contribution >= 4 is 17.7 Å². The molecule has 0 heterocycles. The number of ketones is 1. The monoisotopic (exact) mass is 287 g/mol. The highest BCUT2D eigenvalue weighted by molar-refractivity contribution is 5.87. The predicted molar refractivity (Wildman–Crippen MR) is 73.9 cm³/mol. The molecule has 1 amide bonds. The summed E-state index contributed by atoms with van der Waals surface area (Å²) in [6, 6.07) is -0.898. The Kier molecular flexibility index (Phi) is 8.79. The number of hydrogen-bond donors (Lipinski definition) is 2. The van der Waals surface area contributed by atoms with Gasteiger partial charge in [-0.3, -0.25) is 9.59 Å². The van der Waals surface area contributed by atoms with Crippen molar-refractivity contribution in [2.45, 2.75) is 58.6 Å². The third-order valence-corrected chi connectivity index (χ3v) is 2.91. The Bertz CT molecular complexity index is 340. The fraction of sp³-hybridized carbons (Fsp3) is 0.786. The molecule has 6 nitrogen and oxygen atoms in total. The molecule has 0 aliphatic rings. The van der Waals surface area contributed by atoms with Crippen molar-refractivity contribution in [3.63, 3.8) is 0 Å². The Hall–Kier alpha value is -1.43. The number of Topliss-reactive ketones (excluding diaryl/α,β-unsaturated/α-hetero) is 1. The fourth-order valence-electron chi connectivity index (χ4n) is 1.69. The maximum atomic E-state index is 11.8. The maximum Gasteiger partial charge on any atom is 0.328 e. The molecule has 0 saturated heterocycles. The summed E-state index contributed by atoms with van der Waals surface area (Å²) in [5, 5.41) is 12.1. The van der Waals surface area contributed by atoms with Crippen molar-refractivity contribution in [2.75, 3.05) is 7.11 Å². The molecule has 20 heavy (non-hydrogen) atoms. The van der Waals surface area contributed by atoms with Crippen LogP contribution in [0.25, 0.3) is 0 Å². The number of carbonyl (C=O) groups is 3. The normalized spacial score (nSPS) is 13.7. The summed E-state index contributed by atoms with van der Waals surface area (Å²) in [6.07, 6.45) is -0.0918. The van der Waals surface area contributed by atoms with E-state index in [1.165, 1.54) is 7.11 Å². The molecule has 116 valence electrons. The first-order valence-corrected chi connectivity index (χ1v) is 6.89. The molecule has 0 spiro atoms. The van der Waals surface area contributed by atoms with Crippen molar-refractivity contribution < 1.29 is 24.2 Å². The number of esters is 1. The number of hydrogen-bond acceptors (Lipinski definition) is 5. The average Bonchev–Trinajstić information content (AvgIpc) is 2.40. The second kappa shape index (κ2) is 9.47. The minimum atomic E-state index is -1.16. The molecule has 0 aromatic heterocycles. The van der Waals surface area contributed by atoms with Gasteiger partial charge >= 0.3 is 5.97 Å². The molecule has 0 bridgehead atoms. The molecule has 0 aromatic carbocycles. The lowest BCUT2D eigenvalue weighted by atomic mass is 10.0. The molecule has 0 unspecified atom stereocenters. The second-order valence-electron chi connectivity index (χ2n) is 5.16. The maximum absolute atomic E-state index is 11.8. The third-order valence-electron chi connectivity index (χ3n) is 2.91. The van der Waals surface area contributed by atoms with Crippen LogP contribution in [0.5, 0.6) is 0 Å². The van der Waals surface area contributed by atoms with Crippen LogP contribution in [0.15, 0.2) is 0 Å². The van der Waals surface area contributed by atoms with Gasteiger partial charge in [0.05, 0.1) is 7.11 Å². The number of methoxy groups -OCH3 is 1. The van der Waals surface area contributed by atoms with Gasteiger partial charge in [-0.25, -0.2) is 4.79 Å². The summed E-state index contributed by atoms with van der Waals surface area (Å²) in [5.41, 5.74) is 0. The van der Waals surface area contributed by atoms with Gasteiger partial charge in [-0.15, -0.1) is 0 Å². The predicted octanol–water partition coefficient (Wildman–Crippen LogP) is 0.810. The molecule has 0 aromatic rings. The average molecular weight is 287 g/mol. The van der Waals surface area contributed by atoms with Gasteiger partial charge in [-0.2, -0.15) is 0 Å². The zero-order valence-electron chi connectivity index (χ0n) is 12.6. The first-order valence-electron chi connectivity index (χ1n) is 6.89. The zero-order valence-corrected chi connectivity index (χ0v) is 12.6. The molecule has 2 atom stereocenters. The molecular weight excluding hydrogens is 262 g/mol. The summed E-state index contributed by atoms with van der Waals surface area (Å²) in [7, 11) is 1.22. The number of amides is 1. The molecule has 6 heteroatoms. The minimum absolute atomic E-state index is 0.0101. The van der Waals surface area contributed by atoms with Crippen LogP contribution in [0.1, 0.15) is 46.5 Å². The number of aliphatic hydroxyl groups excluding tert-OH is 1. The van der Waals surface area contributed by atoms with Crippen LogP contribution in [-0.2, 0) is 19.1 Å². The Balaban J connectivity index is 4.52. The minimum Gasteiger partial charge on any atom is -0.467 e. The van der Waals surface area contributed by atoms with Crippen molar-refractivity contribution in [1.29, 1.82) is 0 Å². The number of nitrogens with one attached hydrogen (secondary N) is 1. The highest BCUT2D eigenvalue weighted by atomic mass is 16.5. The van der Waals surface area contributed by atoms with Crippen molar-refractivity contribution in [2.24, 2.45) is 5.92 Å². The van der Waals surface area contributed by atoms with Gasteiger partial charge in [-0.05, 0) is 18.8 Å². The highest BCUT2D eigenvalue weighted by Crippen LogP contribution is 2.07. The molecule has 0 rings (SSSR count). The van der Waals surface area contributed by atoms with Crippen LogP contribution in [0.4, 0.5) is 0 Å². The van der Waals surface area contributed by atoms with Gasteiger partial charge in [0.15, 0.2) is 0 Å². The van der Waals surface area contributed by atoms with Crippen molar-refractivity contribution in [3.8, 4) is 0 Å². The summed E-state index contributed by atoms with van der Waals surface area (Å²) >= 11 is 0. The smallest absolute Gasteiger partial charge is 0.328 e. The van der Waals surface area contributed by atoms with E-state index in [1.54, 1.807) is 6.92 Å². The van der Waals surface area contributed by atoms with Crippen molar-refractivity contribution in [3.05, 3.63) is 0 Å². The lowest BCUT2D eigenvalue weighted by Crippen LogP contribution is -2.46. The first-order chi connectivity index (χ1) is 9.31. The van der Waals surface area contributed by atoms with Crippen LogP contribution in [0.2, 0.25) is 0 Å². The van der Waals surface area contributed by atoms with Gasteiger partial charge in [0.1, 0.15) is 17.9 Å². The summed E-state index contributed by atoms with van der Waals surface area (Å²) in [4.78, 5) is 34.6. The lowest BCUT2D eigenvalue weighted by molar-refractivity contribution is -0.146. The fourth-order valence-corrected chi connectivity index (χ4v) is 1.69. The zero-order chi connectivity index (χ0) is 15.7. The lowest BCUT2D eigenvalue weighted by Gasteiger charge is -2.19. The van der Waals surface area contributed by atoms with E-state index >= 15 is 0 Å². The molecule has 0 fully saturated rings. The van der Waals surface area contributed by atoms with Crippen molar-refractivity contribution in [1.82, 2.24) is 5.32 Å². The largest absolute Gasteiger partial charge is 0.467 e. The van der Waals surface area contributed by atoms with E-state index in [4.69, 9.17) is 0 Å². The molecule has 0 saturated carbocycles. The Labute approximate surface area is 119 Å². The third kappa shape index (κ3) is 7.23. The van der Waals surface area contributed by atoms with Gasteiger partial charge in [0, 0.05) is 12.8 Å². The van der Waals surface area contributed by atoms with Crippen LogP contribution in [-0.4, -0.2) is 42.0 Å². The number of ether oxygens (including phenoxy) is 1. The molecule has 2 N–H and O–H groups in total. The van der Waals surface area contributed by atoms with E-state index in [0.29, 0.717) is 12.8 Å². The van der Waals surface area contributed by atoms with E-state index < -0.39 is 24.0 Å². The molecule has 0 aliphatic carbocycles. The van der Waals surface area contributed by atoms with Gasteiger partial charge in [0.25, 0.3) is 0 Å². The quantitative estimate of drug-likeness (QED) is 0.612. The summed E-state index contributed by atoms with van der Waals surface area (Å²) < 4.78 is 4.59. The number of rotatable bonds is 9. The number of aliphatic hydroxyl groups is 1. The molecule has 0 aliphatic heterocycles. The van der Waals surface area contributed by atoms with Crippen LogP contribution >= 0.6 is 0 Å². The van der Waals surface area contributed by atoms with E-state index in [0.717, 1.165) is 0 Å².